The Morgan fingerprint density at radius 2 is 2.00 bits per heavy atom. The van der Waals surface area contributed by atoms with Crippen molar-refractivity contribution in [2.75, 3.05) is 25.6 Å². The maximum atomic E-state index is 11.9. The van der Waals surface area contributed by atoms with Gasteiger partial charge in [-0.2, -0.15) is 0 Å². The van der Waals surface area contributed by atoms with E-state index >= 15 is 0 Å². The Bertz CT molecular complexity index is 565. The van der Waals surface area contributed by atoms with E-state index in [1.165, 1.54) is 12.3 Å². The molecule has 0 atom stereocenters. The van der Waals surface area contributed by atoms with Gasteiger partial charge in [0.25, 0.3) is 5.91 Å². The summed E-state index contributed by atoms with van der Waals surface area (Å²) in [5.41, 5.74) is 0.943. The molecule has 20 heavy (non-hydrogen) atoms. The number of amides is 1. The van der Waals surface area contributed by atoms with Gasteiger partial charge in [-0.3, -0.25) is 4.79 Å². The quantitative estimate of drug-likeness (QED) is 0.831. The van der Waals surface area contributed by atoms with Crippen LogP contribution in [0.4, 0.5) is 5.69 Å². The molecule has 0 bridgehead atoms. The fourth-order valence-electron chi connectivity index (χ4n) is 1.53. The van der Waals surface area contributed by atoms with Gasteiger partial charge in [0.15, 0.2) is 0 Å². The fourth-order valence-corrected chi connectivity index (χ4v) is 1.73. The van der Waals surface area contributed by atoms with Gasteiger partial charge >= 0.3 is 0 Å². The second-order valence-electron chi connectivity index (χ2n) is 3.93. The molecule has 2 aromatic rings. The second-order valence-corrected chi connectivity index (χ2v) is 4.27. The standard InChI is InChI=1S/C14H14ClNO4/c1-18-8-9-19-11-4-2-10(3-5-11)16-14(17)12-6-7-20-13(12)15/h2-7H,8-9H2,1H3,(H,16,17). The van der Waals surface area contributed by atoms with Crippen molar-refractivity contribution in [1.82, 2.24) is 0 Å². The van der Waals surface area contributed by atoms with Crippen molar-refractivity contribution >= 4 is 23.2 Å². The molecule has 1 aromatic heterocycles. The molecule has 0 saturated carbocycles. The van der Waals surface area contributed by atoms with E-state index in [0.29, 0.717) is 30.2 Å². The van der Waals surface area contributed by atoms with Crippen molar-refractivity contribution < 1.29 is 18.7 Å². The van der Waals surface area contributed by atoms with E-state index in [0.717, 1.165) is 0 Å². The van der Waals surface area contributed by atoms with Crippen molar-refractivity contribution in [3.63, 3.8) is 0 Å². The topological polar surface area (TPSA) is 60.7 Å². The summed E-state index contributed by atoms with van der Waals surface area (Å²) in [5, 5.41) is 2.79. The van der Waals surface area contributed by atoms with Crippen molar-refractivity contribution in [2.24, 2.45) is 0 Å². The summed E-state index contributed by atoms with van der Waals surface area (Å²) in [4.78, 5) is 11.9. The molecule has 0 aliphatic heterocycles. The summed E-state index contributed by atoms with van der Waals surface area (Å²) in [6.45, 7) is 1.00. The van der Waals surface area contributed by atoms with Gasteiger partial charge in [0.05, 0.1) is 18.4 Å². The minimum atomic E-state index is -0.322. The Morgan fingerprint density at radius 3 is 2.60 bits per heavy atom. The van der Waals surface area contributed by atoms with E-state index < -0.39 is 0 Å². The molecule has 0 saturated heterocycles. The van der Waals surface area contributed by atoms with Crippen LogP contribution in [0.15, 0.2) is 41.0 Å². The van der Waals surface area contributed by atoms with E-state index in [1.54, 1.807) is 31.4 Å². The van der Waals surface area contributed by atoms with Gasteiger partial charge in [0.1, 0.15) is 12.4 Å². The third kappa shape index (κ3) is 3.76. The fraction of sp³-hybridized carbons (Fsp3) is 0.214. The van der Waals surface area contributed by atoms with E-state index in [4.69, 9.17) is 25.5 Å². The van der Waals surface area contributed by atoms with Crippen molar-refractivity contribution in [3.05, 3.63) is 47.4 Å². The highest BCUT2D eigenvalue weighted by molar-refractivity contribution is 6.32. The van der Waals surface area contributed by atoms with Crippen LogP contribution in [0.2, 0.25) is 5.22 Å². The van der Waals surface area contributed by atoms with Gasteiger partial charge in [-0.05, 0) is 41.9 Å². The number of carbonyl (C=O) groups is 1. The Kier molecular flexibility index (Phi) is 5.03. The number of methoxy groups -OCH3 is 1. The number of benzene rings is 1. The highest BCUT2D eigenvalue weighted by atomic mass is 35.5. The van der Waals surface area contributed by atoms with Crippen LogP contribution in [0.3, 0.4) is 0 Å². The van der Waals surface area contributed by atoms with E-state index in [-0.39, 0.29) is 11.1 Å². The molecular weight excluding hydrogens is 282 g/mol. The highest BCUT2D eigenvalue weighted by Gasteiger charge is 2.12. The van der Waals surface area contributed by atoms with Crippen molar-refractivity contribution in [3.8, 4) is 5.75 Å². The third-order valence-corrected chi connectivity index (χ3v) is 2.82. The zero-order valence-corrected chi connectivity index (χ0v) is 11.6. The minimum absolute atomic E-state index is 0.0713. The van der Waals surface area contributed by atoms with Crippen LogP contribution >= 0.6 is 11.6 Å². The van der Waals surface area contributed by atoms with Crippen LogP contribution in [-0.4, -0.2) is 26.2 Å². The first-order chi connectivity index (χ1) is 9.70. The first-order valence-corrected chi connectivity index (χ1v) is 6.34. The van der Waals surface area contributed by atoms with Gasteiger partial charge in [-0.15, -0.1) is 0 Å². The number of furan rings is 1. The monoisotopic (exact) mass is 295 g/mol. The molecule has 1 amide bonds. The number of halogens is 1. The molecular formula is C14H14ClNO4. The highest BCUT2D eigenvalue weighted by Crippen LogP contribution is 2.20. The number of ether oxygens (including phenoxy) is 2. The molecule has 0 fully saturated rings. The van der Waals surface area contributed by atoms with Gasteiger partial charge in [0.2, 0.25) is 5.22 Å². The molecule has 1 aromatic carbocycles. The number of rotatable bonds is 6. The van der Waals surface area contributed by atoms with Gasteiger partial charge in [-0.25, -0.2) is 0 Å². The zero-order valence-electron chi connectivity index (χ0n) is 10.9. The largest absolute Gasteiger partial charge is 0.491 e. The molecule has 2 rings (SSSR count). The Labute approximate surface area is 121 Å². The molecule has 0 aliphatic rings. The molecule has 0 spiro atoms. The predicted octanol–water partition coefficient (Wildman–Crippen LogP) is 3.21. The molecule has 106 valence electrons. The molecule has 0 radical (unpaired) electrons. The maximum absolute atomic E-state index is 11.9. The Balaban J connectivity index is 1.93. The SMILES string of the molecule is COCCOc1ccc(NC(=O)c2ccoc2Cl)cc1. The molecule has 1 N–H and O–H groups in total. The van der Waals surface area contributed by atoms with Gasteiger partial charge < -0.3 is 19.2 Å². The van der Waals surface area contributed by atoms with E-state index in [2.05, 4.69) is 5.32 Å². The van der Waals surface area contributed by atoms with Crippen LogP contribution in [-0.2, 0) is 4.74 Å². The molecule has 1 heterocycles. The minimum Gasteiger partial charge on any atom is -0.491 e. The van der Waals surface area contributed by atoms with Crippen molar-refractivity contribution in [1.29, 1.82) is 0 Å². The lowest BCUT2D eigenvalue weighted by molar-refractivity contribution is 0.102. The number of nitrogens with one attached hydrogen (secondary N) is 1. The maximum Gasteiger partial charge on any atom is 0.260 e. The zero-order chi connectivity index (χ0) is 14.4. The van der Waals surface area contributed by atoms with E-state index in [9.17, 15) is 4.79 Å². The second kappa shape index (κ2) is 6.98. The summed E-state index contributed by atoms with van der Waals surface area (Å²) in [5.74, 6) is 0.387. The van der Waals surface area contributed by atoms with Crippen LogP contribution in [0.1, 0.15) is 10.4 Å². The summed E-state index contributed by atoms with van der Waals surface area (Å²) < 4.78 is 15.2. The number of hydrogen-bond donors (Lipinski definition) is 1. The normalized spacial score (nSPS) is 10.3. The molecule has 0 unspecified atom stereocenters. The van der Waals surface area contributed by atoms with Crippen LogP contribution in [0.25, 0.3) is 0 Å². The number of anilines is 1. The van der Waals surface area contributed by atoms with Gasteiger partial charge in [-0.1, -0.05) is 0 Å². The van der Waals surface area contributed by atoms with E-state index in [1.807, 2.05) is 0 Å². The molecule has 0 aliphatic carbocycles. The first kappa shape index (κ1) is 14.4. The first-order valence-electron chi connectivity index (χ1n) is 5.97. The lowest BCUT2D eigenvalue weighted by Crippen LogP contribution is -2.11. The summed E-state index contributed by atoms with van der Waals surface area (Å²) in [7, 11) is 1.61. The smallest absolute Gasteiger partial charge is 0.260 e. The predicted molar refractivity (Wildman–Crippen MR) is 75.5 cm³/mol. The van der Waals surface area contributed by atoms with Crippen LogP contribution < -0.4 is 10.1 Å². The molecule has 5 nitrogen and oxygen atoms in total. The van der Waals surface area contributed by atoms with Crippen molar-refractivity contribution in [2.45, 2.75) is 0 Å². The Morgan fingerprint density at radius 1 is 1.25 bits per heavy atom. The number of carbonyl (C=O) groups excluding carboxylic acids is 1. The van der Waals surface area contributed by atoms with Crippen LogP contribution in [0.5, 0.6) is 5.75 Å². The summed E-state index contributed by atoms with van der Waals surface area (Å²) >= 11 is 5.74. The average molecular weight is 296 g/mol. The molecule has 6 heteroatoms. The number of hydrogen-bond acceptors (Lipinski definition) is 4. The summed E-state index contributed by atoms with van der Waals surface area (Å²) in [6, 6.07) is 8.53. The Hall–Kier alpha value is -1.98. The van der Waals surface area contributed by atoms with Gasteiger partial charge in [0, 0.05) is 12.8 Å². The lowest BCUT2D eigenvalue weighted by Gasteiger charge is -2.07. The summed E-state index contributed by atoms with van der Waals surface area (Å²) in [6.07, 6.45) is 1.37. The van der Waals surface area contributed by atoms with Crippen LogP contribution in [0, 0.1) is 0 Å². The third-order valence-electron chi connectivity index (χ3n) is 2.53. The lowest BCUT2D eigenvalue weighted by atomic mass is 10.2. The average Bonchev–Trinajstić information content (AvgIpc) is 2.87.